The van der Waals surface area contributed by atoms with E-state index < -0.39 is 0 Å². The molecule has 2 aromatic heterocycles. The van der Waals surface area contributed by atoms with Crippen molar-refractivity contribution in [3.63, 3.8) is 0 Å². The summed E-state index contributed by atoms with van der Waals surface area (Å²) < 4.78 is 2.14. The molecule has 0 bridgehead atoms. The van der Waals surface area contributed by atoms with E-state index in [1.807, 2.05) is 7.05 Å². The first-order chi connectivity index (χ1) is 8.85. The average molecular weight is 266 g/mol. The third-order valence-corrected chi connectivity index (χ3v) is 4.04. The van der Waals surface area contributed by atoms with E-state index in [1.54, 1.807) is 11.3 Å². The molecule has 98 valence electrons. The standard InChI is InChI=1S/C12H18N4OS/c1-13-8-10-11(14-12-16(10)5-7-18-12)15(4-6-17)9-2-3-9/h5,7,9,13,17H,2-4,6,8H2,1H3. The molecule has 5 nitrogen and oxygen atoms in total. The maximum Gasteiger partial charge on any atom is 0.195 e. The number of anilines is 1. The van der Waals surface area contributed by atoms with Gasteiger partial charge in [-0.2, -0.15) is 0 Å². The summed E-state index contributed by atoms with van der Waals surface area (Å²) >= 11 is 1.65. The van der Waals surface area contributed by atoms with Crippen molar-refractivity contribution in [2.24, 2.45) is 0 Å². The first-order valence-corrected chi connectivity index (χ1v) is 7.19. The highest BCUT2D eigenvalue weighted by Gasteiger charge is 2.32. The quantitative estimate of drug-likeness (QED) is 0.821. The molecule has 6 heteroatoms. The van der Waals surface area contributed by atoms with Gasteiger partial charge < -0.3 is 15.3 Å². The Morgan fingerprint density at radius 1 is 1.61 bits per heavy atom. The number of imidazole rings is 1. The SMILES string of the molecule is CNCc1c(N(CCO)C2CC2)nc2sccn12. The highest BCUT2D eigenvalue weighted by molar-refractivity contribution is 7.15. The van der Waals surface area contributed by atoms with Crippen LogP contribution in [0, 0.1) is 0 Å². The molecular formula is C12H18N4OS. The van der Waals surface area contributed by atoms with E-state index in [1.165, 1.54) is 18.5 Å². The van der Waals surface area contributed by atoms with E-state index in [2.05, 4.69) is 26.2 Å². The topological polar surface area (TPSA) is 52.8 Å². The second-order valence-electron chi connectivity index (χ2n) is 4.62. The summed E-state index contributed by atoms with van der Waals surface area (Å²) in [6.45, 7) is 1.65. The van der Waals surface area contributed by atoms with E-state index in [0.717, 1.165) is 17.3 Å². The number of aromatic nitrogens is 2. The molecule has 0 saturated heterocycles. The Balaban J connectivity index is 2.02. The fraction of sp³-hybridized carbons (Fsp3) is 0.583. The molecule has 0 spiro atoms. The predicted molar refractivity (Wildman–Crippen MR) is 73.3 cm³/mol. The van der Waals surface area contributed by atoms with Crippen LogP contribution in [0.1, 0.15) is 18.5 Å². The van der Waals surface area contributed by atoms with Gasteiger partial charge >= 0.3 is 0 Å². The summed E-state index contributed by atoms with van der Waals surface area (Å²) in [6, 6.07) is 0.567. The minimum absolute atomic E-state index is 0.181. The van der Waals surface area contributed by atoms with Crippen LogP contribution in [0.2, 0.25) is 0 Å². The Kier molecular flexibility index (Phi) is 3.23. The van der Waals surface area contributed by atoms with Crippen LogP contribution in [0.3, 0.4) is 0 Å². The number of rotatable bonds is 6. The number of aliphatic hydroxyl groups is 1. The van der Waals surface area contributed by atoms with E-state index in [4.69, 9.17) is 4.98 Å². The first kappa shape index (κ1) is 12.0. The van der Waals surface area contributed by atoms with Crippen LogP contribution < -0.4 is 10.2 Å². The fourth-order valence-electron chi connectivity index (χ4n) is 2.34. The van der Waals surface area contributed by atoms with Crippen LogP contribution in [-0.2, 0) is 6.54 Å². The fourth-order valence-corrected chi connectivity index (χ4v) is 3.07. The van der Waals surface area contributed by atoms with Crippen LogP contribution in [-0.4, -0.2) is 40.7 Å². The van der Waals surface area contributed by atoms with Gasteiger partial charge in [0.2, 0.25) is 0 Å². The van der Waals surface area contributed by atoms with Crippen LogP contribution in [0.25, 0.3) is 4.96 Å². The van der Waals surface area contributed by atoms with Crippen molar-refractivity contribution < 1.29 is 5.11 Å². The summed E-state index contributed by atoms with van der Waals surface area (Å²) in [6.07, 6.45) is 4.49. The van der Waals surface area contributed by atoms with Crippen molar-refractivity contribution >= 4 is 22.1 Å². The molecule has 0 atom stereocenters. The highest BCUT2D eigenvalue weighted by Crippen LogP contribution is 2.34. The molecule has 2 aromatic rings. The Hall–Kier alpha value is -1.11. The normalized spacial score (nSPS) is 15.4. The van der Waals surface area contributed by atoms with Crippen molar-refractivity contribution in [2.75, 3.05) is 25.1 Å². The Morgan fingerprint density at radius 2 is 2.44 bits per heavy atom. The van der Waals surface area contributed by atoms with Crippen molar-refractivity contribution in [3.05, 3.63) is 17.3 Å². The number of hydrogen-bond donors (Lipinski definition) is 2. The largest absolute Gasteiger partial charge is 0.395 e. The number of hydrogen-bond acceptors (Lipinski definition) is 5. The lowest BCUT2D eigenvalue weighted by molar-refractivity contribution is 0.301. The monoisotopic (exact) mass is 266 g/mol. The van der Waals surface area contributed by atoms with Gasteiger partial charge in [-0.3, -0.25) is 4.40 Å². The third-order valence-electron chi connectivity index (χ3n) is 3.28. The lowest BCUT2D eigenvalue weighted by atomic mass is 10.3. The third kappa shape index (κ3) is 2.00. The summed E-state index contributed by atoms with van der Waals surface area (Å²) in [4.78, 5) is 8.01. The van der Waals surface area contributed by atoms with Crippen LogP contribution >= 0.6 is 11.3 Å². The molecule has 0 amide bonds. The predicted octanol–water partition coefficient (Wildman–Crippen LogP) is 1.08. The molecule has 0 aliphatic heterocycles. The molecule has 3 rings (SSSR count). The molecule has 1 aliphatic carbocycles. The molecule has 2 N–H and O–H groups in total. The van der Waals surface area contributed by atoms with Crippen LogP contribution in [0.5, 0.6) is 0 Å². The molecule has 0 radical (unpaired) electrons. The van der Waals surface area contributed by atoms with Gasteiger partial charge in [-0.25, -0.2) is 4.98 Å². The van der Waals surface area contributed by atoms with Gasteiger partial charge in [0.15, 0.2) is 10.8 Å². The summed E-state index contributed by atoms with van der Waals surface area (Å²) in [5, 5.41) is 14.5. The number of fused-ring (bicyclic) bond motifs is 1. The molecule has 1 fully saturated rings. The lowest BCUT2D eigenvalue weighted by Crippen LogP contribution is -2.30. The summed E-state index contributed by atoms with van der Waals surface area (Å²) in [7, 11) is 1.95. The highest BCUT2D eigenvalue weighted by atomic mass is 32.1. The van der Waals surface area contributed by atoms with E-state index >= 15 is 0 Å². The zero-order chi connectivity index (χ0) is 12.5. The minimum atomic E-state index is 0.181. The van der Waals surface area contributed by atoms with Crippen LogP contribution in [0.15, 0.2) is 11.6 Å². The van der Waals surface area contributed by atoms with Gasteiger partial charge in [-0.15, -0.1) is 11.3 Å². The van der Waals surface area contributed by atoms with E-state index in [-0.39, 0.29) is 6.61 Å². The smallest absolute Gasteiger partial charge is 0.195 e. The van der Waals surface area contributed by atoms with Crippen molar-refractivity contribution in [1.29, 1.82) is 0 Å². The van der Waals surface area contributed by atoms with Crippen LogP contribution in [0.4, 0.5) is 5.82 Å². The lowest BCUT2D eigenvalue weighted by Gasteiger charge is -2.22. The number of nitrogens with one attached hydrogen (secondary N) is 1. The zero-order valence-corrected chi connectivity index (χ0v) is 11.3. The van der Waals surface area contributed by atoms with Gasteiger partial charge in [0.1, 0.15) is 0 Å². The maximum atomic E-state index is 9.23. The number of thiazole rings is 1. The number of aliphatic hydroxyl groups excluding tert-OH is 1. The summed E-state index contributed by atoms with van der Waals surface area (Å²) in [5.74, 6) is 1.03. The second kappa shape index (κ2) is 4.87. The molecule has 2 heterocycles. The molecule has 0 aromatic carbocycles. The maximum absolute atomic E-state index is 9.23. The Bertz CT molecular complexity index is 531. The molecule has 1 saturated carbocycles. The first-order valence-electron chi connectivity index (χ1n) is 6.31. The average Bonchev–Trinajstić information content (AvgIpc) is 3.01. The van der Waals surface area contributed by atoms with Gasteiger partial charge in [0.25, 0.3) is 0 Å². The second-order valence-corrected chi connectivity index (χ2v) is 5.49. The van der Waals surface area contributed by atoms with Gasteiger partial charge in [-0.1, -0.05) is 0 Å². The van der Waals surface area contributed by atoms with E-state index in [9.17, 15) is 5.11 Å². The molecule has 0 unspecified atom stereocenters. The van der Waals surface area contributed by atoms with E-state index in [0.29, 0.717) is 12.6 Å². The number of nitrogens with zero attached hydrogens (tertiary/aromatic N) is 3. The van der Waals surface area contributed by atoms with Gasteiger partial charge in [-0.05, 0) is 19.9 Å². The Labute approximate surface area is 110 Å². The Morgan fingerprint density at radius 3 is 3.11 bits per heavy atom. The molecule has 1 aliphatic rings. The van der Waals surface area contributed by atoms with Gasteiger partial charge in [0, 0.05) is 30.7 Å². The summed E-state index contributed by atoms with van der Waals surface area (Å²) in [5.41, 5.74) is 1.19. The molecule has 18 heavy (non-hydrogen) atoms. The zero-order valence-electron chi connectivity index (χ0n) is 10.5. The van der Waals surface area contributed by atoms with Crippen molar-refractivity contribution in [1.82, 2.24) is 14.7 Å². The van der Waals surface area contributed by atoms with Crippen molar-refractivity contribution in [3.8, 4) is 0 Å². The molecular weight excluding hydrogens is 248 g/mol. The van der Waals surface area contributed by atoms with Gasteiger partial charge in [0.05, 0.1) is 12.3 Å². The minimum Gasteiger partial charge on any atom is -0.395 e. The van der Waals surface area contributed by atoms with Crippen molar-refractivity contribution in [2.45, 2.75) is 25.4 Å².